The molecule has 0 saturated heterocycles. The summed E-state index contributed by atoms with van der Waals surface area (Å²) in [7, 11) is 0. The SMILES string of the molecule is C1CCCCC1.c1cc[nH]c1.c1cc[nH]c1. The Hall–Kier alpha value is -1.44. The number of nitrogens with one attached hydrogen (secondary N) is 2. The van der Waals surface area contributed by atoms with Gasteiger partial charge in [0.2, 0.25) is 0 Å². The van der Waals surface area contributed by atoms with Crippen molar-refractivity contribution in [3.63, 3.8) is 0 Å². The molecule has 2 N–H and O–H groups in total. The molecule has 1 aliphatic carbocycles. The van der Waals surface area contributed by atoms with Gasteiger partial charge in [-0.05, 0) is 24.3 Å². The first-order valence-electron chi connectivity index (χ1n) is 6.15. The van der Waals surface area contributed by atoms with Crippen LogP contribution in [0.1, 0.15) is 38.5 Å². The van der Waals surface area contributed by atoms with Gasteiger partial charge >= 0.3 is 0 Å². The maximum absolute atomic E-state index is 2.86. The highest BCUT2D eigenvalue weighted by Crippen LogP contribution is 2.15. The second-order valence-electron chi connectivity index (χ2n) is 3.89. The summed E-state index contributed by atoms with van der Waals surface area (Å²) < 4.78 is 0. The van der Waals surface area contributed by atoms with Crippen molar-refractivity contribution in [3.8, 4) is 0 Å². The third kappa shape index (κ3) is 7.92. The summed E-state index contributed by atoms with van der Waals surface area (Å²) in [6.45, 7) is 0. The van der Waals surface area contributed by atoms with E-state index in [0.717, 1.165) is 0 Å². The molecule has 0 radical (unpaired) electrons. The Morgan fingerprint density at radius 1 is 0.438 bits per heavy atom. The molecular formula is C14H22N2. The van der Waals surface area contributed by atoms with Crippen LogP contribution in [0.25, 0.3) is 0 Å². The van der Waals surface area contributed by atoms with Crippen LogP contribution in [0.3, 0.4) is 0 Å². The van der Waals surface area contributed by atoms with Gasteiger partial charge in [-0.1, -0.05) is 38.5 Å². The highest BCUT2D eigenvalue weighted by molar-refractivity contribution is 4.85. The Balaban J connectivity index is 0.000000121. The first-order valence-corrected chi connectivity index (χ1v) is 6.15. The molecule has 0 aliphatic heterocycles. The molecule has 16 heavy (non-hydrogen) atoms. The normalized spacial score (nSPS) is 14.0. The lowest BCUT2D eigenvalue weighted by molar-refractivity contribution is 0.504. The van der Waals surface area contributed by atoms with Crippen LogP contribution in [0.15, 0.2) is 49.1 Å². The molecule has 1 aliphatic rings. The van der Waals surface area contributed by atoms with Crippen molar-refractivity contribution in [2.45, 2.75) is 38.5 Å². The number of rotatable bonds is 0. The zero-order valence-electron chi connectivity index (χ0n) is 9.86. The van der Waals surface area contributed by atoms with E-state index in [2.05, 4.69) is 9.97 Å². The first kappa shape index (κ1) is 12.6. The lowest BCUT2D eigenvalue weighted by Gasteiger charge is -2.05. The fourth-order valence-corrected chi connectivity index (χ4v) is 1.62. The summed E-state index contributed by atoms with van der Waals surface area (Å²) in [6, 6.07) is 7.78. The molecule has 2 aromatic heterocycles. The molecule has 0 atom stereocenters. The summed E-state index contributed by atoms with van der Waals surface area (Å²) in [6.07, 6.45) is 16.5. The van der Waals surface area contributed by atoms with Crippen LogP contribution in [-0.2, 0) is 0 Å². The lowest BCUT2D eigenvalue weighted by atomic mass is 10.0. The van der Waals surface area contributed by atoms with E-state index in [-0.39, 0.29) is 0 Å². The van der Waals surface area contributed by atoms with Gasteiger partial charge in [0, 0.05) is 24.8 Å². The minimum absolute atomic E-state index is 1.50. The fourth-order valence-electron chi connectivity index (χ4n) is 1.62. The van der Waals surface area contributed by atoms with Gasteiger partial charge in [-0.2, -0.15) is 0 Å². The van der Waals surface area contributed by atoms with Crippen molar-refractivity contribution in [2.75, 3.05) is 0 Å². The largest absolute Gasteiger partial charge is 0.368 e. The second-order valence-corrected chi connectivity index (χ2v) is 3.89. The van der Waals surface area contributed by atoms with Gasteiger partial charge in [0.15, 0.2) is 0 Å². The summed E-state index contributed by atoms with van der Waals surface area (Å²) in [5, 5.41) is 0. The van der Waals surface area contributed by atoms with Crippen molar-refractivity contribution in [3.05, 3.63) is 49.1 Å². The van der Waals surface area contributed by atoms with Gasteiger partial charge in [-0.3, -0.25) is 0 Å². The van der Waals surface area contributed by atoms with E-state index in [0.29, 0.717) is 0 Å². The molecule has 0 amide bonds. The maximum Gasteiger partial charge on any atom is 0.000496 e. The van der Waals surface area contributed by atoms with Gasteiger partial charge < -0.3 is 9.97 Å². The highest BCUT2D eigenvalue weighted by Gasteiger charge is 1.95. The van der Waals surface area contributed by atoms with E-state index in [9.17, 15) is 0 Å². The number of H-pyrrole nitrogens is 2. The van der Waals surface area contributed by atoms with Crippen LogP contribution in [-0.4, -0.2) is 9.97 Å². The Morgan fingerprint density at radius 3 is 0.812 bits per heavy atom. The van der Waals surface area contributed by atoms with E-state index in [1.165, 1.54) is 38.5 Å². The summed E-state index contributed by atoms with van der Waals surface area (Å²) >= 11 is 0. The molecule has 1 saturated carbocycles. The van der Waals surface area contributed by atoms with E-state index in [1.807, 2.05) is 49.1 Å². The predicted molar refractivity (Wildman–Crippen MR) is 69.3 cm³/mol. The molecule has 88 valence electrons. The molecule has 2 heterocycles. The molecule has 2 aromatic rings. The van der Waals surface area contributed by atoms with Crippen LogP contribution in [0, 0.1) is 0 Å². The Kier molecular flexibility index (Phi) is 7.96. The standard InChI is InChI=1S/C6H12.2C4H5N/c1-2-4-6-5-3-1;2*1-2-4-5-3-1/h1-6H2;2*1-5H. The summed E-state index contributed by atoms with van der Waals surface area (Å²) in [5.41, 5.74) is 0. The minimum Gasteiger partial charge on any atom is -0.368 e. The molecule has 0 aromatic carbocycles. The van der Waals surface area contributed by atoms with Crippen molar-refractivity contribution in [1.29, 1.82) is 0 Å². The van der Waals surface area contributed by atoms with Crippen molar-refractivity contribution >= 4 is 0 Å². The van der Waals surface area contributed by atoms with E-state index < -0.39 is 0 Å². The quantitative estimate of drug-likeness (QED) is 0.658. The number of hydrogen-bond donors (Lipinski definition) is 2. The monoisotopic (exact) mass is 218 g/mol. The minimum atomic E-state index is 1.50. The highest BCUT2D eigenvalue weighted by atomic mass is 14.6. The molecule has 3 rings (SSSR count). The lowest BCUT2D eigenvalue weighted by Crippen LogP contribution is -1.85. The van der Waals surface area contributed by atoms with Crippen molar-refractivity contribution < 1.29 is 0 Å². The van der Waals surface area contributed by atoms with Gasteiger partial charge in [-0.25, -0.2) is 0 Å². The van der Waals surface area contributed by atoms with E-state index in [4.69, 9.17) is 0 Å². The molecule has 0 bridgehead atoms. The van der Waals surface area contributed by atoms with E-state index in [1.54, 1.807) is 0 Å². The topological polar surface area (TPSA) is 31.6 Å². The molecule has 0 unspecified atom stereocenters. The predicted octanol–water partition coefficient (Wildman–Crippen LogP) is 4.37. The second kappa shape index (κ2) is 10.1. The third-order valence-electron chi connectivity index (χ3n) is 2.49. The average Bonchev–Trinajstić information content (AvgIpc) is 3.10. The Bertz CT molecular complexity index is 208. The third-order valence-corrected chi connectivity index (χ3v) is 2.49. The van der Waals surface area contributed by atoms with Crippen LogP contribution in [0.5, 0.6) is 0 Å². The average molecular weight is 218 g/mol. The van der Waals surface area contributed by atoms with Crippen LogP contribution in [0.2, 0.25) is 0 Å². The Labute approximate surface area is 98.1 Å². The number of hydrogen-bond acceptors (Lipinski definition) is 0. The number of aromatic nitrogens is 2. The summed E-state index contributed by atoms with van der Waals surface area (Å²) in [5.74, 6) is 0. The number of aromatic amines is 2. The van der Waals surface area contributed by atoms with Crippen molar-refractivity contribution in [1.82, 2.24) is 9.97 Å². The van der Waals surface area contributed by atoms with Gasteiger partial charge in [-0.15, -0.1) is 0 Å². The van der Waals surface area contributed by atoms with E-state index >= 15 is 0 Å². The van der Waals surface area contributed by atoms with Crippen LogP contribution >= 0.6 is 0 Å². The fraction of sp³-hybridized carbons (Fsp3) is 0.429. The zero-order valence-corrected chi connectivity index (χ0v) is 9.86. The maximum atomic E-state index is 2.86. The van der Waals surface area contributed by atoms with Gasteiger partial charge in [0.1, 0.15) is 0 Å². The Morgan fingerprint density at radius 2 is 0.688 bits per heavy atom. The van der Waals surface area contributed by atoms with Crippen molar-refractivity contribution in [2.24, 2.45) is 0 Å². The molecule has 2 heteroatoms. The first-order chi connectivity index (χ1) is 8.00. The van der Waals surface area contributed by atoms with Gasteiger partial charge in [0.05, 0.1) is 0 Å². The smallest absolute Gasteiger partial charge is 0.000496 e. The molecule has 2 nitrogen and oxygen atoms in total. The van der Waals surface area contributed by atoms with Crippen LogP contribution < -0.4 is 0 Å². The zero-order chi connectivity index (χ0) is 11.3. The molecular weight excluding hydrogens is 196 g/mol. The van der Waals surface area contributed by atoms with Crippen LogP contribution in [0.4, 0.5) is 0 Å². The summed E-state index contributed by atoms with van der Waals surface area (Å²) in [4.78, 5) is 5.72. The molecule has 1 fully saturated rings. The molecule has 0 spiro atoms. The van der Waals surface area contributed by atoms with Gasteiger partial charge in [0.25, 0.3) is 0 Å².